The Hall–Kier alpha value is -4.22. The molecule has 0 aliphatic rings. The Kier molecular flexibility index (Phi) is 10.3. The second-order valence-electron chi connectivity index (χ2n) is 6.87. The van der Waals surface area contributed by atoms with Gasteiger partial charge in [0, 0.05) is 28.9 Å². The number of nitroso groups, excluding NO2 is 1. The summed E-state index contributed by atoms with van der Waals surface area (Å²) in [5, 5.41) is 9.66. The van der Waals surface area contributed by atoms with Crippen LogP contribution in [-0.2, 0) is 6.54 Å². The number of aromatic nitrogens is 3. The van der Waals surface area contributed by atoms with Gasteiger partial charge in [-0.3, -0.25) is 14.0 Å². The van der Waals surface area contributed by atoms with Crippen LogP contribution in [0.3, 0.4) is 0 Å². The summed E-state index contributed by atoms with van der Waals surface area (Å²) in [7, 11) is 0. The molecule has 5 aromatic rings. The monoisotopic (exact) mass is 536 g/mol. The average molecular weight is 537 g/mol. The fraction of sp³-hybridized carbons (Fsp3) is 0.154. The molecule has 0 fully saturated rings. The maximum Gasteiger partial charge on any atom is 0.268 e. The molecule has 2 amide bonds. The lowest BCUT2D eigenvalue weighted by atomic mass is 10.2. The third-order valence-corrected chi connectivity index (χ3v) is 6.47. The van der Waals surface area contributed by atoms with E-state index in [1.165, 1.54) is 22.7 Å². The summed E-state index contributed by atoms with van der Waals surface area (Å²) in [5.41, 5.74) is 9.25. The summed E-state index contributed by atoms with van der Waals surface area (Å²) in [6.45, 7) is 10.3. The molecule has 0 saturated heterocycles. The molecule has 4 heterocycles. The summed E-state index contributed by atoms with van der Waals surface area (Å²) < 4.78 is 2.36. The highest BCUT2D eigenvalue weighted by Crippen LogP contribution is 2.29. The lowest BCUT2D eigenvalue weighted by Crippen LogP contribution is -2.23. The molecule has 0 atom stereocenters. The number of primary amides is 1. The van der Waals surface area contributed by atoms with E-state index in [0.29, 0.717) is 22.4 Å². The zero-order valence-corrected chi connectivity index (χ0v) is 21.4. The van der Waals surface area contributed by atoms with Crippen molar-refractivity contribution in [2.45, 2.75) is 27.8 Å². The number of thiazole rings is 1. The molecule has 0 saturated carbocycles. The Bertz CT molecular complexity index is 1520. The van der Waals surface area contributed by atoms with Gasteiger partial charge < -0.3 is 11.1 Å². The van der Waals surface area contributed by atoms with Gasteiger partial charge in [-0.05, 0) is 41.3 Å². The number of thiophene rings is 1. The smallest absolute Gasteiger partial charge is 0.268 e. The molecule has 192 valence electrons. The molecule has 0 radical (unpaired) electrons. The van der Waals surface area contributed by atoms with Crippen LogP contribution in [0.15, 0.2) is 71.7 Å². The predicted molar refractivity (Wildman–Crippen MR) is 153 cm³/mol. The first kappa shape index (κ1) is 29.0. The number of hydrogen-bond acceptors (Lipinski definition) is 8. The highest BCUT2D eigenvalue weighted by molar-refractivity contribution is 7.21. The number of nitrogens with one attached hydrogen (secondary N) is 1. The number of carbonyl (C=O) groups is 2. The Morgan fingerprint density at radius 3 is 2.57 bits per heavy atom. The Morgan fingerprint density at radius 2 is 1.92 bits per heavy atom. The minimum absolute atomic E-state index is 0. The Balaban J connectivity index is 0.000000919. The summed E-state index contributed by atoms with van der Waals surface area (Å²) >= 11 is 2.67. The van der Waals surface area contributed by atoms with E-state index in [1.54, 1.807) is 28.8 Å². The molecule has 5 rings (SSSR count). The number of nitrogens with two attached hydrogens (primary N) is 1. The van der Waals surface area contributed by atoms with Crippen molar-refractivity contribution >= 4 is 55.5 Å². The second kappa shape index (κ2) is 13.2. The lowest BCUT2D eigenvalue weighted by molar-refractivity contribution is 0.0949. The molecule has 9 nitrogen and oxygen atoms in total. The van der Waals surface area contributed by atoms with E-state index in [2.05, 4.69) is 33.6 Å². The number of pyridine rings is 1. The summed E-state index contributed by atoms with van der Waals surface area (Å²) in [6, 6.07) is 10.6. The largest absolute Gasteiger partial charge is 0.364 e. The number of hydrogen-bond donors (Lipinski definition) is 2. The van der Waals surface area contributed by atoms with Crippen molar-refractivity contribution in [3.8, 4) is 11.3 Å². The summed E-state index contributed by atoms with van der Waals surface area (Å²) in [4.78, 5) is 44.5. The van der Waals surface area contributed by atoms with Gasteiger partial charge in [0.2, 0.25) is 0 Å². The molecule has 1 aromatic carbocycles. The number of fused-ring (bicyclic) bond motifs is 2. The number of carbonyl (C=O) groups excluding carboxylic acids is 2. The molecule has 0 aliphatic heterocycles. The zero-order valence-electron chi connectivity index (χ0n) is 19.7. The minimum atomic E-state index is -0.627. The van der Waals surface area contributed by atoms with Crippen molar-refractivity contribution < 1.29 is 9.59 Å². The van der Waals surface area contributed by atoms with Gasteiger partial charge in [0.05, 0.1) is 15.8 Å². The molecular weight excluding hydrogens is 508 g/mol. The molecule has 4 aromatic heterocycles. The van der Waals surface area contributed by atoms with Gasteiger partial charge in [-0.15, -0.1) is 18.1 Å². The zero-order chi connectivity index (χ0) is 26.2. The van der Waals surface area contributed by atoms with E-state index in [4.69, 9.17) is 5.73 Å². The number of rotatable bonds is 6. The van der Waals surface area contributed by atoms with E-state index >= 15 is 0 Å². The highest BCUT2D eigenvalue weighted by Gasteiger charge is 2.22. The topological polar surface area (TPSA) is 132 Å². The molecule has 0 spiro atoms. The normalized spacial score (nSPS) is 9.89. The first-order chi connectivity index (χ1) is 17.5. The standard InChI is InChI=1S/C21H14N6O3S2.C2H6.C2H4.CH4/c22-18(28)17-16(12-5-7-31-10-12)25-19-13(2-1-6-27(17)19)20(29)23-9-11-3-4-14-15(8-11)32-21(24-14)26-30;2*1-2;/h1-8,10H,9H2,(H2,22,28)(H,23,29);1-2H3;1-2H2;1H4. The van der Waals surface area contributed by atoms with Gasteiger partial charge in [-0.1, -0.05) is 38.7 Å². The van der Waals surface area contributed by atoms with Gasteiger partial charge in [0.1, 0.15) is 11.4 Å². The second-order valence-corrected chi connectivity index (χ2v) is 8.66. The SMILES string of the molecule is C.C=C.CC.NC(=O)c1c(-c2ccsc2)nc2c(C(=O)NCc3ccc4nc(N=O)sc4c3)cccn12. The van der Waals surface area contributed by atoms with E-state index in [0.717, 1.165) is 15.8 Å². The molecule has 37 heavy (non-hydrogen) atoms. The van der Waals surface area contributed by atoms with Crippen molar-refractivity contribution in [2.75, 3.05) is 0 Å². The van der Waals surface area contributed by atoms with Crippen molar-refractivity contribution in [3.63, 3.8) is 0 Å². The van der Waals surface area contributed by atoms with Crippen LogP contribution < -0.4 is 11.1 Å². The van der Waals surface area contributed by atoms with Crippen LogP contribution in [0.1, 0.15) is 47.7 Å². The van der Waals surface area contributed by atoms with Gasteiger partial charge >= 0.3 is 0 Å². The lowest BCUT2D eigenvalue weighted by Gasteiger charge is -2.07. The van der Waals surface area contributed by atoms with E-state index in [9.17, 15) is 14.5 Å². The number of nitrogens with zero attached hydrogens (tertiary/aromatic N) is 4. The van der Waals surface area contributed by atoms with Crippen molar-refractivity contribution in [1.82, 2.24) is 19.7 Å². The maximum atomic E-state index is 13.0. The first-order valence-corrected chi connectivity index (χ1v) is 12.7. The fourth-order valence-electron chi connectivity index (χ4n) is 3.46. The summed E-state index contributed by atoms with van der Waals surface area (Å²) in [6.07, 6.45) is 1.66. The molecular formula is C26H28N6O3S2. The van der Waals surface area contributed by atoms with Crippen LogP contribution in [0.4, 0.5) is 5.13 Å². The maximum absolute atomic E-state index is 13.0. The Labute approximate surface area is 222 Å². The van der Waals surface area contributed by atoms with Crippen LogP contribution in [0, 0.1) is 4.91 Å². The molecule has 0 aliphatic carbocycles. The quantitative estimate of drug-likeness (QED) is 0.187. The number of imidazole rings is 1. The minimum Gasteiger partial charge on any atom is -0.364 e. The van der Waals surface area contributed by atoms with Gasteiger partial charge in [0.25, 0.3) is 16.9 Å². The molecule has 11 heteroatoms. The van der Waals surface area contributed by atoms with Crippen LogP contribution in [0.25, 0.3) is 27.1 Å². The Morgan fingerprint density at radius 1 is 1.16 bits per heavy atom. The van der Waals surface area contributed by atoms with Crippen LogP contribution in [0.2, 0.25) is 0 Å². The van der Waals surface area contributed by atoms with Gasteiger partial charge in [-0.2, -0.15) is 11.3 Å². The fourth-order valence-corrected chi connectivity index (χ4v) is 4.91. The van der Waals surface area contributed by atoms with E-state index in [1.807, 2.05) is 42.8 Å². The molecule has 0 unspecified atom stereocenters. The van der Waals surface area contributed by atoms with E-state index in [-0.39, 0.29) is 30.7 Å². The molecule has 0 bridgehead atoms. The van der Waals surface area contributed by atoms with Crippen molar-refractivity contribution in [2.24, 2.45) is 10.9 Å². The highest BCUT2D eigenvalue weighted by atomic mass is 32.1. The van der Waals surface area contributed by atoms with Crippen molar-refractivity contribution in [3.05, 3.63) is 88.2 Å². The predicted octanol–water partition coefficient (Wildman–Crippen LogP) is 6.56. The van der Waals surface area contributed by atoms with Crippen LogP contribution in [-0.4, -0.2) is 26.2 Å². The third kappa shape index (κ3) is 5.96. The molecule has 3 N–H and O–H groups in total. The van der Waals surface area contributed by atoms with Gasteiger partial charge in [0.15, 0.2) is 5.65 Å². The van der Waals surface area contributed by atoms with E-state index < -0.39 is 5.91 Å². The van der Waals surface area contributed by atoms with Crippen molar-refractivity contribution in [1.29, 1.82) is 0 Å². The first-order valence-electron chi connectivity index (χ1n) is 10.9. The number of benzene rings is 1. The van der Waals surface area contributed by atoms with Crippen LogP contribution in [0.5, 0.6) is 0 Å². The third-order valence-electron chi connectivity index (χ3n) is 4.90. The summed E-state index contributed by atoms with van der Waals surface area (Å²) in [5.74, 6) is -0.966. The van der Waals surface area contributed by atoms with Gasteiger partial charge in [-0.25, -0.2) is 9.97 Å². The number of amides is 2. The average Bonchev–Trinajstić information content (AvgIpc) is 3.66. The van der Waals surface area contributed by atoms with Crippen LogP contribution >= 0.6 is 22.7 Å².